The second-order valence-electron chi connectivity index (χ2n) is 14.4. The molecule has 2 unspecified atom stereocenters. The normalized spacial score (nSPS) is 45.7. The molecule has 1 aliphatic heterocycles. The zero-order valence-corrected chi connectivity index (χ0v) is 27.7. The summed E-state index contributed by atoms with van der Waals surface area (Å²) >= 11 is 0. The maximum Gasteiger partial charge on any atom is 0.338 e. The summed E-state index contributed by atoms with van der Waals surface area (Å²) in [6.45, 7) is 6.11. The van der Waals surface area contributed by atoms with Crippen LogP contribution in [0.1, 0.15) is 49.9 Å². The highest BCUT2D eigenvalue weighted by Gasteiger charge is 2.88. The number of hydrogen-bond acceptors (Lipinski definition) is 10. The van der Waals surface area contributed by atoms with Crippen LogP contribution in [0.2, 0.25) is 0 Å². The number of esters is 2. The van der Waals surface area contributed by atoms with Crippen molar-refractivity contribution >= 4 is 11.9 Å². The van der Waals surface area contributed by atoms with Gasteiger partial charge in [0.15, 0.2) is 0 Å². The molecule has 0 N–H and O–H groups in total. The Balaban J connectivity index is 1.43. The zero-order chi connectivity index (χ0) is 31.9. The molecule has 5 saturated carbocycles. The van der Waals surface area contributed by atoms with Crippen molar-refractivity contribution in [3.8, 4) is 5.75 Å². The first-order chi connectivity index (χ1) is 21.7. The van der Waals surface area contributed by atoms with Gasteiger partial charge in [0, 0.05) is 88.9 Å². The van der Waals surface area contributed by atoms with Crippen LogP contribution in [-0.2, 0) is 33.2 Å². The third kappa shape index (κ3) is 3.98. The lowest BCUT2D eigenvalue weighted by atomic mass is 9.43. The molecule has 1 aromatic carbocycles. The Hall–Kier alpha value is -2.24. The first kappa shape index (κ1) is 31.4. The van der Waals surface area contributed by atoms with Gasteiger partial charge < -0.3 is 33.2 Å². The number of rotatable bonds is 10. The molecule has 0 radical (unpaired) electrons. The van der Waals surface area contributed by atoms with E-state index in [1.807, 2.05) is 14.2 Å². The Bertz CT molecular complexity index is 1310. The minimum Gasteiger partial charge on any atom is -0.497 e. The number of nitrogens with zero attached hydrogens (tertiary/aromatic N) is 1. The van der Waals surface area contributed by atoms with Crippen LogP contribution >= 0.6 is 0 Å². The number of carbonyl (C=O) groups excluding carboxylic acids is 2. The van der Waals surface area contributed by atoms with Gasteiger partial charge in [-0.05, 0) is 56.0 Å². The number of likely N-dealkylation sites (tertiary alicyclic amines) is 1. The molecule has 1 saturated heterocycles. The summed E-state index contributed by atoms with van der Waals surface area (Å²) in [5.41, 5.74) is -0.937. The van der Waals surface area contributed by atoms with Crippen LogP contribution in [0.4, 0.5) is 0 Å². The second kappa shape index (κ2) is 11.2. The topological polar surface area (TPSA) is 102 Å². The van der Waals surface area contributed by atoms with Crippen molar-refractivity contribution in [2.75, 3.05) is 55.2 Å². The average molecular weight is 628 g/mol. The minimum absolute atomic E-state index is 0.0203. The van der Waals surface area contributed by atoms with E-state index >= 15 is 0 Å². The molecule has 45 heavy (non-hydrogen) atoms. The van der Waals surface area contributed by atoms with Crippen LogP contribution in [0.15, 0.2) is 24.3 Å². The summed E-state index contributed by atoms with van der Waals surface area (Å²) in [6, 6.07) is 7.07. The van der Waals surface area contributed by atoms with Gasteiger partial charge in [0.2, 0.25) is 0 Å². The SMILES string of the molecule is CCN1C[C@]2(COC)CCC(OC)[C@]34C1[C@H]([C@H](OC)[C@H]23)[C@@]1(OC(C)=O)C[C@H](OC)[C@H]2C[C@@H]4[C@@H]1[C@H]2OC(=O)c1ccc(OC)cc1. The molecule has 6 fully saturated rings. The predicted octanol–water partition coefficient (Wildman–Crippen LogP) is 3.60. The molecule has 7 rings (SSSR count). The summed E-state index contributed by atoms with van der Waals surface area (Å²) < 4.78 is 44.1. The van der Waals surface area contributed by atoms with Crippen molar-refractivity contribution in [1.82, 2.24) is 4.90 Å². The van der Waals surface area contributed by atoms with E-state index in [1.165, 1.54) is 6.92 Å². The van der Waals surface area contributed by atoms with E-state index in [2.05, 4.69) is 11.8 Å². The minimum atomic E-state index is -0.947. The Labute approximate surface area is 266 Å². The summed E-state index contributed by atoms with van der Waals surface area (Å²) in [7, 11) is 8.77. The van der Waals surface area contributed by atoms with Crippen LogP contribution in [-0.4, -0.2) is 108 Å². The number of fused-ring (bicyclic) bond motifs is 2. The van der Waals surface area contributed by atoms with Gasteiger partial charge in [-0.2, -0.15) is 0 Å². The number of carbonyl (C=O) groups is 2. The molecule has 13 atom stereocenters. The highest BCUT2D eigenvalue weighted by atomic mass is 16.6. The summed E-state index contributed by atoms with van der Waals surface area (Å²) in [5, 5.41) is 0. The Morgan fingerprint density at radius 3 is 2.33 bits per heavy atom. The highest BCUT2D eigenvalue weighted by molar-refractivity contribution is 5.89. The van der Waals surface area contributed by atoms with Crippen molar-refractivity contribution < 1.29 is 42.7 Å². The third-order valence-electron chi connectivity index (χ3n) is 13.2. The molecule has 1 heterocycles. The first-order valence-corrected chi connectivity index (χ1v) is 16.6. The fourth-order valence-electron chi connectivity index (χ4n) is 12.4. The smallest absolute Gasteiger partial charge is 0.338 e. The van der Waals surface area contributed by atoms with Crippen LogP contribution in [0.25, 0.3) is 0 Å². The largest absolute Gasteiger partial charge is 0.497 e. The number of benzene rings is 1. The van der Waals surface area contributed by atoms with E-state index in [0.717, 1.165) is 32.4 Å². The second-order valence-corrected chi connectivity index (χ2v) is 14.4. The molecule has 10 heteroatoms. The van der Waals surface area contributed by atoms with Gasteiger partial charge in [0.05, 0.1) is 37.6 Å². The quantitative estimate of drug-likeness (QED) is 0.358. The van der Waals surface area contributed by atoms with Crippen molar-refractivity contribution in [2.24, 2.45) is 40.4 Å². The zero-order valence-electron chi connectivity index (χ0n) is 27.7. The van der Waals surface area contributed by atoms with Crippen molar-refractivity contribution in [3.63, 3.8) is 0 Å². The lowest BCUT2D eigenvalue weighted by Gasteiger charge is -2.69. The van der Waals surface area contributed by atoms with Crippen LogP contribution < -0.4 is 4.74 Å². The molecular formula is C35H49NO9. The number of piperidine rings is 1. The maximum absolute atomic E-state index is 13.8. The molecule has 5 aliphatic carbocycles. The lowest BCUT2D eigenvalue weighted by molar-refractivity contribution is -0.280. The Morgan fingerprint density at radius 2 is 1.73 bits per heavy atom. The number of methoxy groups -OCH3 is 5. The van der Waals surface area contributed by atoms with Gasteiger partial charge in [-0.3, -0.25) is 9.69 Å². The summed E-state index contributed by atoms with van der Waals surface area (Å²) in [5.74, 6) is -0.299. The highest BCUT2D eigenvalue weighted by Crippen LogP contribution is 2.80. The molecule has 1 spiro atoms. The molecule has 0 amide bonds. The molecule has 0 aromatic heterocycles. The molecule has 6 aliphatic rings. The van der Waals surface area contributed by atoms with Gasteiger partial charge in [-0.15, -0.1) is 0 Å². The van der Waals surface area contributed by atoms with E-state index in [0.29, 0.717) is 24.3 Å². The monoisotopic (exact) mass is 627 g/mol. The molecule has 10 nitrogen and oxygen atoms in total. The van der Waals surface area contributed by atoms with E-state index in [4.69, 9.17) is 33.2 Å². The molecule has 7 bridgehead atoms. The Kier molecular flexibility index (Phi) is 7.80. The van der Waals surface area contributed by atoms with Crippen LogP contribution in [0.3, 0.4) is 0 Å². The van der Waals surface area contributed by atoms with Gasteiger partial charge in [0.1, 0.15) is 17.5 Å². The van der Waals surface area contributed by atoms with Gasteiger partial charge in [-0.1, -0.05) is 6.92 Å². The van der Waals surface area contributed by atoms with Gasteiger partial charge in [0.25, 0.3) is 0 Å². The van der Waals surface area contributed by atoms with E-state index in [9.17, 15) is 9.59 Å². The molecular weight excluding hydrogens is 578 g/mol. The Morgan fingerprint density at radius 1 is 0.978 bits per heavy atom. The number of ether oxygens (including phenoxy) is 7. The van der Waals surface area contributed by atoms with Crippen molar-refractivity contribution in [3.05, 3.63) is 29.8 Å². The van der Waals surface area contributed by atoms with E-state index in [1.54, 1.807) is 45.6 Å². The molecule has 1 aromatic rings. The summed E-state index contributed by atoms with van der Waals surface area (Å²) in [4.78, 5) is 29.7. The van der Waals surface area contributed by atoms with Gasteiger partial charge >= 0.3 is 11.9 Å². The summed E-state index contributed by atoms with van der Waals surface area (Å²) in [6.07, 6.45) is 2.27. The average Bonchev–Trinajstić information content (AvgIpc) is 3.46. The van der Waals surface area contributed by atoms with E-state index in [-0.39, 0.29) is 70.7 Å². The van der Waals surface area contributed by atoms with Crippen LogP contribution in [0.5, 0.6) is 5.75 Å². The van der Waals surface area contributed by atoms with E-state index < -0.39 is 17.7 Å². The van der Waals surface area contributed by atoms with Crippen molar-refractivity contribution in [2.45, 2.75) is 75.6 Å². The number of hydrogen-bond donors (Lipinski definition) is 0. The maximum atomic E-state index is 13.8. The third-order valence-corrected chi connectivity index (χ3v) is 13.2. The lowest BCUT2D eigenvalue weighted by Crippen LogP contribution is -2.77. The fourth-order valence-corrected chi connectivity index (χ4v) is 12.4. The fraction of sp³-hybridized carbons (Fsp3) is 0.771. The standard InChI is InChI=1S/C35H49NO9/c1-8-36-17-33(18-39-3)14-13-25(42-6)35-23-15-22-24(41-5)16-34(45-19(2)37,27(31(35)36)29(43-7)30(33)35)26(23)28(22)44-32(38)20-9-11-21(40-4)12-10-20/h9-12,22-31H,8,13-18H2,1-7H3/t22-,23-,24+,25?,26-,27+,28+,29+,30-,31?,33+,34-,35+/m1/s1. The molecule has 248 valence electrons. The van der Waals surface area contributed by atoms with Crippen LogP contribution in [0, 0.1) is 40.4 Å². The van der Waals surface area contributed by atoms with Gasteiger partial charge in [-0.25, -0.2) is 4.79 Å². The first-order valence-electron chi connectivity index (χ1n) is 16.6. The van der Waals surface area contributed by atoms with Crippen molar-refractivity contribution in [1.29, 1.82) is 0 Å². The predicted molar refractivity (Wildman–Crippen MR) is 163 cm³/mol.